The molecule has 12 heteroatoms. The molecule has 8 nitrogen and oxygen atoms in total. The van der Waals surface area contributed by atoms with Gasteiger partial charge in [-0.15, -0.1) is 0 Å². The Morgan fingerprint density at radius 3 is 2.54 bits per heavy atom. The lowest BCUT2D eigenvalue weighted by molar-refractivity contribution is 0.00670. The number of aliphatic hydroxyl groups is 1. The zero-order valence-corrected chi connectivity index (χ0v) is 23.1. The van der Waals surface area contributed by atoms with Gasteiger partial charge in [-0.25, -0.2) is 18.9 Å². The van der Waals surface area contributed by atoms with Gasteiger partial charge in [0.25, 0.3) is 0 Å². The van der Waals surface area contributed by atoms with Crippen LogP contribution in [0.15, 0.2) is 53.3 Å². The quantitative estimate of drug-likeness (QED) is 0.289. The summed E-state index contributed by atoms with van der Waals surface area (Å²) in [5.74, 6) is -1.21. The van der Waals surface area contributed by atoms with E-state index in [0.29, 0.717) is 28.0 Å². The minimum atomic E-state index is -1.34. The number of allylic oxidation sites excluding steroid dienone is 3. The minimum absolute atomic E-state index is 0.0302. The van der Waals surface area contributed by atoms with Gasteiger partial charge in [0.1, 0.15) is 18.0 Å². The van der Waals surface area contributed by atoms with E-state index in [1.165, 1.54) is 4.90 Å². The van der Waals surface area contributed by atoms with E-state index in [-0.39, 0.29) is 41.1 Å². The number of ether oxygens (including phenoxy) is 1. The zero-order valence-electron chi connectivity index (χ0n) is 20.8. The number of anilines is 1. The highest BCUT2D eigenvalue weighted by Crippen LogP contribution is 2.43. The van der Waals surface area contributed by atoms with Gasteiger partial charge in [-0.1, -0.05) is 47.4 Å². The van der Waals surface area contributed by atoms with Gasteiger partial charge in [0.05, 0.1) is 46.3 Å². The van der Waals surface area contributed by atoms with E-state index in [9.17, 15) is 14.3 Å². The molecule has 2 aliphatic rings. The van der Waals surface area contributed by atoms with Crippen LogP contribution in [0, 0.1) is 5.82 Å². The largest absolute Gasteiger partial charge is 0.487 e. The Morgan fingerprint density at radius 2 is 1.97 bits per heavy atom. The van der Waals surface area contributed by atoms with E-state index in [1.54, 1.807) is 36.0 Å². The molecule has 2 N–H and O–H groups in total. The van der Waals surface area contributed by atoms with Gasteiger partial charge in [-0.3, -0.25) is 0 Å². The van der Waals surface area contributed by atoms with Crippen molar-refractivity contribution in [1.82, 2.24) is 14.8 Å². The van der Waals surface area contributed by atoms with Crippen molar-refractivity contribution in [3.63, 3.8) is 0 Å². The average Bonchev–Trinajstić information content (AvgIpc) is 3.61. The van der Waals surface area contributed by atoms with E-state index < -0.39 is 17.4 Å². The smallest absolute Gasteiger partial charge is 0.337 e. The summed E-state index contributed by atoms with van der Waals surface area (Å²) in [7, 11) is 0. The number of hydrogen-bond acceptors (Lipinski definition) is 6. The maximum Gasteiger partial charge on any atom is 0.337 e. The highest BCUT2D eigenvalue weighted by molar-refractivity contribution is 6.40. The second kappa shape index (κ2) is 10.5. The number of nitrogens with zero attached hydrogens (tertiary/aromatic N) is 4. The molecule has 2 aromatic heterocycles. The lowest BCUT2D eigenvalue weighted by Crippen LogP contribution is -2.60. The number of rotatable bonds is 9. The van der Waals surface area contributed by atoms with Crippen molar-refractivity contribution >= 4 is 52.3 Å². The molecule has 3 heterocycles. The van der Waals surface area contributed by atoms with E-state index >= 15 is 0 Å². The van der Waals surface area contributed by atoms with Crippen molar-refractivity contribution in [3.8, 4) is 5.75 Å². The number of aromatic nitrogens is 3. The SMILES string of the molecule is C=C(Cl)/C(=C(\C)Cl)n1ncc(C2CC2)c1COc1ccc(C2(O)CN(c3ncc(C(=O)O)cc3F)C2)c(Cl)c1. The maximum atomic E-state index is 14.4. The second-order valence-electron chi connectivity index (χ2n) is 9.67. The lowest BCUT2D eigenvalue weighted by Gasteiger charge is -2.47. The summed E-state index contributed by atoms with van der Waals surface area (Å²) < 4.78 is 22.1. The van der Waals surface area contributed by atoms with Crippen molar-refractivity contribution in [1.29, 1.82) is 0 Å². The molecule has 1 saturated carbocycles. The standard InChI is InChI=1S/C27H24Cl3FN4O4/c1-14(28)24(15(2)29)35-23(19(10-33-35)16-3-4-16)11-39-18-5-6-20(21(30)8-18)27(38)12-34(13-27)25-22(31)7-17(9-32-25)26(36)37/h5-10,16,38H,1,3-4,11-13H2,2H3,(H,36,37)/b24-15-. The topological polar surface area (TPSA) is 101 Å². The van der Waals surface area contributed by atoms with Crippen molar-refractivity contribution in [2.24, 2.45) is 0 Å². The first-order valence-corrected chi connectivity index (χ1v) is 13.2. The van der Waals surface area contributed by atoms with Crippen LogP contribution in [0.2, 0.25) is 5.02 Å². The predicted octanol–water partition coefficient (Wildman–Crippen LogP) is 6.11. The van der Waals surface area contributed by atoms with Crippen molar-refractivity contribution in [2.75, 3.05) is 18.0 Å². The molecule has 0 spiro atoms. The molecule has 0 atom stereocenters. The van der Waals surface area contributed by atoms with Crippen molar-refractivity contribution in [2.45, 2.75) is 37.9 Å². The number of halogens is 4. The summed E-state index contributed by atoms with van der Waals surface area (Å²) in [5.41, 5.74) is 1.23. The lowest BCUT2D eigenvalue weighted by atomic mass is 9.86. The summed E-state index contributed by atoms with van der Waals surface area (Å²) in [6.07, 6.45) is 5.02. The molecule has 0 unspecified atom stereocenters. The van der Waals surface area contributed by atoms with Crippen molar-refractivity contribution in [3.05, 3.63) is 86.5 Å². The Labute approximate surface area is 238 Å². The molecule has 1 aromatic carbocycles. The Balaban J connectivity index is 1.31. The molecule has 1 aliphatic heterocycles. The Hall–Kier alpha value is -3.11. The molecular weight excluding hydrogens is 570 g/mol. The number of pyridine rings is 1. The first-order valence-electron chi connectivity index (χ1n) is 12.1. The molecule has 1 aliphatic carbocycles. The number of carboxylic acids is 1. The maximum absolute atomic E-state index is 14.4. The van der Waals surface area contributed by atoms with Gasteiger partial charge < -0.3 is 19.8 Å². The highest BCUT2D eigenvalue weighted by atomic mass is 35.5. The van der Waals surface area contributed by atoms with Gasteiger partial charge in [0.2, 0.25) is 0 Å². The molecule has 1 saturated heterocycles. The third-order valence-electron chi connectivity index (χ3n) is 6.80. The molecule has 0 radical (unpaired) electrons. The van der Waals surface area contributed by atoms with Gasteiger partial charge in [-0.2, -0.15) is 5.10 Å². The third kappa shape index (κ3) is 5.36. The van der Waals surface area contributed by atoms with E-state index in [4.69, 9.17) is 44.6 Å². The van der Waals surface area contributed by atoms with E-state index in [2.05, 4.69) is 16.7 Å². The van der Waals surface area contributed by atoms with Crippen LogP contribution in [0.3, 0.4) is 0 Å². The van der Waals surface area contributed by atoms with Crippen LogP contribution in [-0.4, -0.2) is 44.0 Å². The number of carboxylic acid groups (broad SMARTS) is 1. The Morgan fingerprint density at radius 1 is 1.26 bits per heavy atom. The summed E-state index contributed by atoms with van der Waals surface area (Å²) in [5, 5.41) is 25.6. The zero-order chi connectivity index (χ0) is 28.1. The van der Waals surface area contributed by atoms with Crippen LogP contribution in [-0.2, 0) is 12.2 Å². The van der Waals surface area contributed by atoms with E-state index in [1.807, 2.05) is 0 Å². The van der Waals surface area contributed by atoms with Gasteiger partial charge in [0.15, 0.2) is 11.6 Å². The number of benzene rings is 1. The van der Waals surface area contributed by atoms with Crippen LogP contribution >= 0.6 is 34.8 Å². The van der Waals surface area contributed by atoms with Crippen LogP contribution in [0.1, 0.15) is 52.9 Å². The predicted molar refractivity (Wildman–Crippen MR) is 147 cm³/mol. The minimum Gasteiger partial charge on any atom is -0.487 e. The summed E-state index contributed by atoms with van der Waals surface area (Å²) in [4.78, 5) is 16.4. The summed E-state index contributed by atoms with van der Waals surface area (Å²) in [6, 6.07) is 5.88. The second-order valence-corrected chi connectivity index (χ2v) is 11.1. The Bertz CT molecular complexity index is 1510. The number of carbonyl (C=O) groups is 1. The third-order valence-corrected chi connectivity index (χ3v) is 7.47. The molecule has 3 aromatic rings. The van der Waals surface area contributed by atoms with E-state index in [0.717, 1.165) is 36.4 Å². The van der Waals surface area contributed by atoms with Crippen LogP contribution in [0.4, 0.5) is 10.2 Å². The van der Waals surface area contributed by atoms with Gasteiger partial charge >= 0.3 is 5.97 Å². The molecule has 5 rings (SSSR count). The van der Waals surface area contributed by atoms with Gasteiger partial charge in [-0.05, 0) is 43.9 Å². The molecule has 0 amide bonds. The fourth-order valence-electron chi connectivity index (χ4n) is 4.71. The summed E-state index contributed by atoms with van der Waals surface area (Å²) >= 11 is 19.0. The van der Waals surface area contributed by atoms with Crippen LogP contribution in [0.25, 0.3) is 5.70 Å². The molecule has 2 fully saturated rings. The fraction of sp³-hybridized carbons (Fsp3) is 0.296. The highest BCUT2D eigenvalue weighted by Gasteiger charge is 2.45. The number of hydrogen-bond donors (Lipinski definition) is 2. The average molecular weight is 594 g/mol. The molecule has 39 heavy (non-hydrogen) atoms. The summed E-state index contributed by atoms with van der Waals surface area (Å²) in [6.45, 7) is 5.76. The molecule has 204 valence electrons. The van der Waals surface area contributed by atoms with Crippen molar-refractivity contribution < 1.29 is 24.1 Å². The van der Waals surface area contributed by atoms with Crippen LogP contribution in [0.5, 0.6) is 5.75 Å². The van der Waals surface area contributed by atoms with Crippen LogP contribution < -0.4 is 9.64 Å². The fourth-order valence-corrected chi connectivity index (χ4v) is 5.52. The number of β-amino-alcohol motifs (C(OH)–C–C–N with tert-alkyl or cyclic N) is 1. The molecule has 0 bridgehead atoms. The van der Waals surface area contributed by atoms with Gasteiger partial charge in [0, 0.05) is 22.4 Å². The first-order chi connectivity index (χ1) is 18.5. The first kappa shape index (κ1) is 27.5. The molecular formula is C27H24Cl3FN4O4. The monoisotopic (exact) mass is 592 g/mol. The normalized spacial score (nSPS) is 16.9. The Kier molecular flexibility index (Phi) is 7.37. The number of aromatic carboxylic acids is 1.